The van der Waals surface area contributed by atoms with Gasteiger partial charge in [-0.05, 0) is 0 Å². The van der Waals surface area contributed by atoms with Crippen LogP contribution in [0.3, 0.4) is 0 Å². The molecule has 1 saturated heterocycles. The van der Waals surface area contributed by atoms with Gasteiger partial charge in [0.25, 0.3) is 0 Å². The monoisotopic (exact) mass is 437 g/mol. The van der Waals surface area contributed by atoms with Crippen LogP contribution >= 0.6 is 8.09 Å². The fourth-order valence-electron chi connectivity index (χ4n) is 3.85. The summed E-state index contributed by atoms with van der Waals surface area (Å²) in [5.41, 5.74) is 3.20. The zero-order chi connectivity index (χ0) is 21.7. The molecular weight excluding hydrogens is 405 g/mol. The van der Waals surface area contributed by atoms with E-state index in [1.165, 1.54) is 6.42 Å². The van der Waals surface area contributed by atoms with Crippen LogP contribution in [0.25, 0.3) is 0 Å². The molecule has 1 aliphatic heterocycles. The fraction of sp³-hybridized carbons (Fsp3) is 0.308. The van der Waals surface area contributed by atoms with Crippen LogP contribution in [0.5, 0.6) is 17.2 Å². The van der Waals surface area contributed by atoms with Crippen LogP contribution in [0.4, 0.5) is 0 Å². The molecule has 4 rings (SSSR count). The molecule has 0 amide bonds. The number of rotatable bonds is 7. The summed E-state index contributed by atoms with van der Waals surface area (Å²) in [6.45, 7) is 7.98. The molecule has 5 heteroatoms. The Kier molecular flexibility index (Phi) is 6.80. The van der Waals surface area contributed by atoms with Crippen LogP contribution in [0.2, 0.25) is 0 Å². The van der Waals surface area contributed by atoms with Crippen molar-refractivity contribution in [1.29, 1.82) is 0 Å². The molecule has 1 heterocycles. The molecule has 0 atom stereocenters. The van der Waals surface area contributed by atoms with Gasteiger partial charge in [-0.1, -0.05) is 0 Å². The van der Waals surface area contributed by atoms with Crippen molar-refractivity contribution >= 4 is 8.09 Å². The number of aryl methyl sites for hydroxylation is 3. The molecule has 0 saturated carbocycles. The van der Waals surface area contributed by atoms with Crippen molar-refractivity contribution in [2.75, 3.05) is 13.1 Å². The second-order valence-electron chi connectivity index (χ2n) is 8.17. The van der Waals surface area contributed by atoms with E-state index < -0.39 is 8.09 Å². The van der Waals surface area contributed by atoms with E-state index in [1.807, 2.05) is 54.6 Å². The van der Waals surface area contributed by atoms with Crippen molar-refractivity contribution in [3.63, 3.8) is 0 Å². The minimum atomic E-state index is -3.38. The first kappa shape index (κ1) is 21.7. The van der Waals surface area contributed by atoms with Gasteiger partial charge < -0.3 is 0 Å². The van der Waals surface area contributed by atoms with Crippen molar-refractivity contribution in [3.05, 3.63) is 89.5 Å². The fourth-order valence-corrected chi connectivity index (χ4v) is 6.75. The molecule has 3 aromatic carbocycles. The molecule has 4 nitrogen and oxygen atoms in total. The van der Waals surface area contributed by atoms with Gasteiger partial charge in [0, 0.05) is 0 Å². The van der Waals surface area contributed by atoms with Gasteiger partial charge in [0.2, 0.25) is 0 Å². The zero-order valence-electron chi connectivity index (χ0n) is 18.6. The summed E-state index contributed by atoms with van der Waals surface area (Å²) in [5, 5.41) is 0. The van der Waals surface area contributed by atoms with E-state index in [2.05, 4.69) is 43.6 Å². The van der Waals surface area contributed by atoms with Crippen molar-refractivity contribution in [1.82, 2.24) is 4.67 Å². The Morgan fingerprint density at radius 1 is 0.548 bits per heavy atom. The Balaban J connectivity index is 1.82. The molecule has 31 heavy (non-hydrogen) atoms. The number of piperidine rings is 1. The zero-order valence-corrected chi connectivity index (χ0v) is 19.6. The molecule has 0 N–H and O–H groups in total. The molecule has 1 aliphatic rings. The number of para-hydroxylation sites is 3. The summed E-state index contributed by atoms with van der Waals surface area (Å²) in [4.78, 5) is 0. The third-order valence-corrected chi connectivity index (χ3v) is 8.40. The quantitative estimate of drug-likeness (QED) is 0.371. The summed E-state index contributed by atoms with van der Waals surface area (Å²) >= 11 is 0. The average molecular weight is 438 g/mol. The Labute approximate surface area is 186 Å². The van der Waals surface area contributed by atoms with E-state index in [-0.39, 0.29) is 0 Å². The van der Waals surface area contributed by atoms with Gasteiger partial charge in [-0.25, -0.2) is 0 Å². The van der Waals surface area contributed by atoms with Gasteiger partial charge in [-0.3, -0.25) is 0 Å². The number of hydrogen-bond donors (Lipinski definition) is 0. The van der Waals surface area contributed by atoms with E-state index in [4.69, 9.17) is 13.6 Å². The molecule has 1 fully saturated rings. The molecule has 164 valence electrons. The number of hydrogen-bond acceptors (Lipinski definition) is 4. The SMILES string of the molecule is Cc1ccccc1O[PH](Oc1ccccc1C)(Oc1ccccc1C)N1CCCCC1. The summed E-state index contributed by atoms with van der Waals surface area (Å²) < 4.78 is 22.8. The second kappa shape index (κ2) is 9.72. The third-order valence-electron chi connectivity index (χ3n) is 5.74. The van der Waals surface area contributed by atoms with Crippen LogP contribution in [0, 0.1) is 20.8 Å². The van der Waals surface area contributed by atoms with E-state index in [0.29, 0.717) is 0 Å². The van der Waals surface area contributed by atoms with Crippen molar-refractivity contribution in [2.24, 2.45) is 0 Å². The maximum absolute atomic E-state index is 6.81. The second-order valence-corrected chi connectivity index (χ2v) is 10.5. The third kappa shape index (κ3) is 5.03. The normalized spacial score (nSPS) is 15.3. The van der Waals surface area contributed by atoms with Gasteiger partial charge in [-0.2, -0.15) is 0 Å². The summed E-state index contributed by atoms with van der Waals surface area (Å²) in [5.74, 6) is 2.42. The Morgan fingerprint density at radius 3 is 1.26 bits per heavy atom. The molecule has 0 aliphatic carbocycles. The van der Waals surface area contributed by atoms with Crippen LogP contribution < -0.4 is 13.6 Å². The molecule has 0 unspecified atom stereocenters. The first-order valence-corrected chi connectivity index (χ1v) is 12.7. The first-order valence-electron chi connectivity index (χ1n) is 11.1. The topological polar surface area (TPSA) is 30.9 Å². The predicted octanol–water partition coefficient (Wildman–Crippen LogP) is 7.04. The Morgan fingerprint density at radius 2 is 0.903 bits per heavy atom. The Hall–Kier alpha value is -2.55. The molecule has 0 bridgehead atoms. The average Bonchev–Trinajstić information content (AvgIpc) is 2.79. The van der Waals surface area contributed by atoms with Gasteiger partial charge >= 0.3 is 186 Å². The van der Waals surface area contributed by atoms with E-state index in [9.17, 15) is 0 Å². The Bertz CT molecular complexity index is 901. The van der Waals surface area contributed by atoms with Crippen molar-refractivity contribution < 1.29 is 13.6 Å². The first-order chi connectivity index (χ1) is 15.1. The van der Waals surface area contributed by atoms with Gasteiger partial charge in [0.15, 0.2) is 0 Å². The van der Waals surface area contributed by atoms with Crippen LogP contribution in [-0.4, -0.2) is 17.8 Å². The van der Waals surface area contributed by atoms with Crippen LogP contribution in [-0.2, 0) is 0 Å². The summed E-state index contributed by atoms with van der Waals surface area (Å²) in [6.07, 6.45) is 3.44. The van der Waals surface area contributed by atoms with Crippen LogP contribution in [0.1, 0.15) is 36.0 Å². The van der Waals surface area contributed by atoms with E-state index in [0.717, 1.165) is 59.9 Å². The summed E-state index contributed by atoms with van der Waals surface area (Å²) in [7, 11) is -3.38. The van der Waals surface area contributed by atoms with Gasteiger partial charge in [-0.15, -0.1) is 0 Å². The minimum absolute atomic E-state index is 0.807. The van der Waals surface area contributed by atoms with E-state index in [1.54, 1.807) is 0 Å². The summed E-state index contributed by atoms with van der Waals surface area (Å²) in [6, 6.07) is 24.3. The van der Waals surface area contributed by atoms with Crippen molar-refractivity contribution in [3.8, 4) is 17.2 Å². The van der Waals surface area contributed by atoms with Gasteiger partial charge in [0.1, 0.15) is 0 Å². The standard InChI is InChI=1S/C26H32NO3P/c1-21-13-5-8-16-24(21)28-31(27-19-11-4-12-20-27,29-25-17-9-6-14-22(25)2)30-26-18-10-7-15-23(26)3/h5-10,13-18,31H,4,11-12,19-20H2,1-3H3. The molecule has 0 aromatic heterocycles. The maximum atomic E-state index is 6.81. The molecule has 0 radical (unpaired) electrons. The molecule has 3 aromatic rings. The molecule has 0 spiro atoms. The number of nitrogens with zero attached hydrogens (tertiary/aromatic N) is 1. The van der Waals surface area contributed by atoms with E-state index >= 15 is 0 Å². The number of benzene rings is 3. The predicted molar refractivity (Wildman–Crippen MR) is 129 cm³/mol. The molecular formula is C26H32NO3P. The van der Waals surface area contributed by atoms with Crippen LogP contribution in [0.15, 0.2) is 72.8 Å². The van der Waals surface area contributed by atoms with Crippen molar-refractivity contribution in [2.45, 2.75) is 40.0 Å². The van der Waals surface area contributed by atoms with Gasteiger partial charge in [0.05, 0.1) is 0 Å².